The van der Waals surface area contributed by atoms with Gasteiger partial charge in [-0.1, -0.05) is 0 Å². The fourth-order valence-corrected chi connectivity index (χ4v) is 1.59. The molecule has 6 nitrogen and oxygen atoms in total. The summed E-state index contributed by atoms with van der Waals surface area (Å²) in [6.45, 7) is 0.323. The van der Waals surface area contributed by atoms with E-state index >= 15 is 0 Å². The highest BCUT2D eigenvalue weighted by Gasteiger charge is 2.03. The maximum Gasteiger partial charge on any atom is 0.269 e. The Morgan fingerprint density at radius 1 is 1.42 bits per heavy atom. The summed E-state index contributed by atoms with van der Waals surface area (Å²) in [4.78, 5) is 17.6. The molecule has 96 valence electrons. The van der Waals surface area contributed by atoms with E-state index in [0.29, 0.717) is 12.2 Å². The van der Waals surface area contributed by atoms with Crippen molar-refractivity contribution in [3.63, 3.8) is 0 Å². The van der Waals surface area contributed by atoms with Crippen molar-refractivity contribution in [3.8, 4) is 6.07 Å². The first-order chi connectivity index (χ1) is 9.10. The van der Waals surface area contributed by atoms with Crippen LogP contribution in [-0.2, 0) is 6.54 Å². The van der Waals surface area contributed by atoms with Crippen molar-refractivity contribution >= 4 is 5.69 Å². The molecule has 0 fully saturated rings. The zero-order chi connectivity index (χ0) is 13.8. The lowest BCUT2D eigenvalue weighted by molar-refractivity contribution is 0.637. The van der Waals surface area contributed by atoms with Gasteiger partial charge >= 0.3 is 0 Å². The molecule has 0 aliphatic rings. The molecule has 2 aromatic rings. The predicted octanol–water partition coefficient (Wildman–Crippen LogP) is 0.624. The molecule has 2 aromatic heterocycles. The fourth-order valence-electron chi connectivity index (χ4n) is 1.59. The molecule has 0 bridgehead atoms. The maximum atomic E-state index is 11.9. The van der Waals surface area contributed by atoms with Crippen LogP contribution in [0, 0.1) is 11.3 Å². The minimum Gasteiger partial charge on any atom is -0.376 e. The van der Waals surface area contributed by atoms with Gasteiger partial charge in [-0.2, -0.15) is 10.4 Å². The first-order valence-corrected chi connectivity index (χ1v) is 5.69. The molecule has 0 saturated carbocycles. The second-order valence-corrected chi connectivity index (χ2v) is 4.27. The van der Waals surface area contributed by atoms with E-state index in [-0.39, 0.29) is 5.56 Å². The molecule has 2 rings (SSSR count). The molecule has 19 heavy (non-hydrogen) atoms. The summed E-state index contributed by atoms with van der Waals surface area (Å²) in [6, 6.07) is 6.90. The molecule has 0 aliphatic heterocycles. The van der Waals surface area contributed by atoms with Crippen LogP contribution in [0.25, 0.3) is 0 Å². The molecule has 0 radical (unpaired) electrons. The summed E-state index contributed by atoms with van der Waals surface area (Å²) < 4.78 is 1.35. The highest BCUT2D eigenvalue weighted by Crippen LogP contribution is 2.05. The van der Waals surface area contributed by atoms with E-state index in [2.05, 4.69) is 10.1 Å². The highest BCUT2D eigenvalue weighted by atomic mass is 16.1. The quantitative estimate of drug-likeness (QED) is 0.804. The Balaban J connectivity index is 2.29. The van der Waals surface area contributed by atoms with Crippen molar-refractivity contribution in [2.45, 2.75) is 6.54 Å². The van der Waals surface area contributed by atoms with Gasteiger partial charge in [-0.25, -0.2) is 9.67 Å². The lowest BCUT2D eigenvalue weighted by atomic mass is 10.2. The lowest BCUT2D eigenvalue weighted by Gasteiger charge is -2.12. The fraction of sp³-hybridized carbons (Fsp3) is 0.231. The monoisotopic (exact) mass is 255 g/mol. The molecule has 2 heterocycles. The van der Waals surface area contributed by atoms with E-state index in [0.717, 1.165) is 11.3 Å². The number of nitriles is 1. The second kappa shape index (κ2) is 5.31. The van der Waals surface area contributed by atoms with Gasteiger partial charge in [-0.15, -0.1) is 0 Å². The third-order valence-electron chi connectivity index (χ3n) is 2.64. The van der Waals surface area contributed by atoms with Gasteiger partial charge in [-0.3, -0.25) is 4.79 Å². The van der Waals surface area contributed by atoms with E-state index in [1.54, 1.807) is 24.5 Å². The molecule has 0 aliphatic carbocycles. The number of pyridine rings is 1. The molecular weight excluding hydrogens is 242 g/mol. The van der Waals surface area contributed by atoms with E-state index in [9.17, 15) is 4.79 Å². The molecule has 0 saturated heterocycles. The van der Waals surface area contributed by atoms with Crippen LogP contribution in [0.2, 0.25) is 0 Å². The number of aromatic nitrogens is 3. The van der Waals surface area contributed by atoms with Gasteiger partial charge < -0.3 is 4.90 Å². The average molecular weight is 255 g/mol. The topological polar surface area (TPSA) is 74.8 Å². The van der Waals surface area contributed by atoms with Gasteiger partial charge in [0.05, 0.1) is 18.4 Å². The first kappa shape index (κ1) is 12.8. The summed E-state index contributed by atoms with van der Waals surface area (Å²) in [5, 5.41) is 12.9. The van der Waals surface area contributed by atoms with E-state index < -0.39 is 0 Å². The number of nitrogens with zero attached hydrogens (tertiary/aromatic N) is 5. The highest BCUT2D eigenvalue weighted by molar-refractivity contribution is 5.40. The molecule has 0 amide bonds. The Morgan fingerprint density at radius 3 is 2.84 bits per heavy atom. The molecule has 0 spiro atoms. The van der Waals surface area contributed by atoms with Crippen LogP contribution in [0.15, 0.2) is 35.4 Å². The third-order valence-corrected chi connectivity index (χ3v) is 2.64. The zero-order valence-electron chi connectivity index (χ0n) is 10.7. The molecule has 0 atom stereocenters. The van der Waals surface area contributed by atoms with Gasteiger partial charge in [0.2, 0.25) is 0 Å². The molecule has 0 aromatic carbocycles. The smallest absolute Gasteiger partial charge is 0.269 e. The van der Waals surface area contributed by atoms with Crippen LogP contribution >= 0.6 is 0 Å². The summed E-state index contributed by atoms with van der Waals surface area (Å²) >= 11 is 0. The van der Waals surface area contributed by atoms with Crippen LogP contribution < -0.4 is 10.5 Å². The number of hydrogen-bond acceptors (Lipinski definition) is 5. The number of hydrogen-bond donors (Lipinski definition) is 0. The van der Waals surface area contributed by atoms with Crippen LogP contribution in [0.3, 0.4) is 0 Å². The Kier molecular flexibility index (Phi) is 3.57. The van der Waals surface area contributed by atoms with E-state index in [1.807, 2.05) is 25.1 Å². The Bertz CT molecular complexity index is 684. The predicted molar refractivity (Wildman–Crippen MR) is 70.9 cm³/mol. The SMILES string of the molecule is CN(C)c1cnn(Cc2ccnc(C#N)c2)c(=O)c1. The minimum absolute atomic E-state index is 0.179. The minimum atomic E-state index is -0.179. The molecule has 6 heteroatoms. The lowest BCUT2D eigenvalue weighted by Crippen LogP contribution is -2.24. The van der Waals surface area contributed by atoms with Crippen LogP contribution in [0.1, 0.15) is 11.3 Å². The van der Waals surface area contributed by atoms with Crippen molar-refractivity contribution in [2.75, 3.05) is 19.0 Å². The van der Waals surface area contributed by atoms with E-state index in [4.69, 9.17) is 5.26 Å². The van der Waals surface area contributed by atoms with Gasteiger partial charge in [0, 0.05) is 26.4 Å². The van der Waals surface area contributed by atoms with Gasteiger partial charge in [0.15, 0.2) is 0 Å². The summed E-state index contributed by atoms with van der Waals surface area (Å²) in [5.41, 5.74) is 1.73. The second-order valence-electron chi connectivity index (χ2n) is 4.27. The summed E-state index contributed by atoms with van der Waals surface area (Å²) in [5.74, 6) is 0. The van der Waals surface area contributed by atoms with Gasteiger partial charge in [0.1, 0.15) is 11.8 Å². The summed E-state index contributed by atoms with van der Waals surface area (Å²) in [7, 11) is 3.70. The Hall–Kier alpha value is -2.68. The summed E-state index contributed by atoms with van der Waals surface area (Å²) in [6.07, 6.45) is 3.18. The normalized spacial score (nSPS) is 9.95. The first-order valence-electron chi connectivity index (χ1n) is 5.69. The van der Waals surface area contributed by atoms with Crippen LogP contribution in [0.4, 0.5) is 5.69 Å². The number of rotatable bonds is 3. The van der Waals surface area contributed by atoms with Gasteiger partial charge in [0.25, 0.3) is 5.56 Å². The standard InChI is InChI=1S/C13H13N5O/c1-17(2)12-6-13(19)18(16-8-12)9-10-3-4-15-11(5-10)7-14/h3-6,8H,9H2,1-2H3. The third kappa shape index (κ3) is 2.96. The van der Waals surface area contributed by atoms with Crippen molar-refractivity contribution in [1.82, 2.24) is 14.8 Å². The molecule has 0 N–H and O–H groups in total. The molecular formula is C13H13N5O. The molecule has 0 unspecified atom stereocenters. The average Bonchev–Trinajstić information content (AvgIpc) is 2.41. The number of anilines is 1. The van der Waals surface area contributed by atoms with Crippen molar-refractivity contribution in [3.05, 3.63) is 52.2 Å². The zero-order valence-corrected chi connectivity index (χ0v) is 10.7. The maximum absolute atomic E-state index is 11.9. The van der Waals surface area contributed by atoms with Crippen molar-refractivity contribution in [2.24, 2.45) is 0 Å². The van der Waals surface area contributed by atoms with Crippen molar-refractivity contribution in [1.29, 1.82) is 5.26 Å². The Morgan fingerprint density at radius 2 is 2.21 bits per heavy atom. The van der Waals surface area contributed by atoms with Crippen LogP contribution in [0.5, 0.6) is 0 Å². The van der Waals surface area contributed by atoms with Crippen molar-refractivity contribution < 1.29 is 0 Å². The van der Waals surface area contributed by atoms with Crippen LogP contribution in [-0.4, -0.2) is 28.9 Å². The van der Waals surface area contributed by atoms with Gasteiger partial charge in [-0.05, 0) is 17.7 Å². The Labute approximate surface area is 110 Å². The van der Waals surface area contributed by atoms with E-state index in [1.165, 1.54) is 10.7 Å². The largest absolute Gasteiger partial charge is 0.376 e.